The standard InChI is InChI=1S/C8H18N2O2/c1-6(10(2)3)5-7(9)8(11)12-4/h6-7H,5,9H2,1-4H3. The van der Waals surface area contributed by atoms with Gasteiger partial charge in [0.1, 0.15) is 6.04 Å². The number of ether oxygens (including phenoxy) is 1. The first-order chi connectivity index (χ1) is 5.49. The number of esters is 1. The molecule has 0 radical (unpaired) electrons. The molecule has 4 nitrogen and oxygen atoms in total. The maximum atomic E-state index is 10.9. The van der Waals surface area contributed by atoms with E-state index in [2.05, 4.69) is 4.74 Å². The molecular formula is C8H18N2O2. The van der Waals surface area contributed by atoms with Crippen molar-refractivity contribution in [3.63, 3.8) is 0 Å². The van der Waals surface area contributed by atoms with Crippen LogP contribution in [0.1, 0.15) is 13.3 Å². The SMILES string of the molecule is COC(=O)C(N)CC(C)N(C)C. The Kier molecular flexibility index (Phi) is 4.85. The van der Waals surface area contributed by atoms with Crippen LogP contribution in [0.15, 0.2) is 0 Å². The number of nitrogens with zero attached hydrogens (tertiary/aromatic N) is 1. The van der Waals surface area contributed by atoms with Gasteiger partial charge in [-0.1, -0.05) is 0 Å². The van der Waals surface area contributed by atoms with Crippen LogP contribution in [0.2, 0.25) is 0 Å². The number of hydrogen-bond donors (Lipinski definition) is 1. The quantitative estimate of drug-likeness (QED) is 0.601. The van der Waals surface area contributed by atoms with Gasteiger partial charge in [-0.15, -0.1) is 0 Å². The third-order valence-corrected chi connectivity index (χ3v) is 1.98. The maximum absolute atomic E-state index is 10.9. The molecule has 0 aromatic heterocycles. The number of rotatable bonds is 4. The first-order valence-electron chi connectivity index (χ1n) is 3.98. The zero-order valence-electron chi connectivity index (χ0n) is 8.20. The lowest BCUT2D eigenvalue weighted by molar-refractivity contribution is -0.142. The van der Waals surface area contributed by atoms with Crippen molar-refractivity contribution >= 4 is 5.97 Å². The van der Waals surface area contributed by atoms with Gasteiger partial charge < -0.3 is 15.4 Å². The van der Waals surface area contributed by atoms with E-state index in [-0.39, 0.29) is 5.97 Å². The lowest BCUT2D eigenvalue weighted by Crippen LogP contribution is -2.38. The summed E-state index contributed by atoms with van der Waals surface area (Å²) in [6, 6.07) is -0.216. The van der Waals surface area contributed by atoms with Crippen molar-refractivity contribution in [1.29, 1.82) is 0 Å². The van der Waals surface area contributed by atoms with Crippen LogP contribution in [0.4, 0.5) is 0 Å². The van der Waals surface area contributed by atoms with Gasteiger partial charge in [0.25, 0.3) is 0 Å². The molecule has 0 saturated heterocycles. The van der Waals surface area contributed by atoms with Gasteiger partial charge in [-0.2, -0.15) is 0 Å². The number of methoxy groups -OCH3 is 1. The predicted molar refractivity (Wildman–Crippen MR) is 47.8 cm³/mol. The molecule has 2 atom stereocenters. The molecule has 0 aromatic rings. The molecule has 12 heavy (non-hydrogen) atoms. The van der Waals surface area contributed by atoms with Crippen LogP contribution in [0.25, 0.3) is 0 Å². The fraction of sp³-hybridized carbons (Fsp3) is 0.875. The summed E-state index contributed by atoms with van der Waals surface area (Å²) < 4.78 is 4.51. The minimum absolute atomic E-state index is 0.291. The van der Waals surface area contributed by atoms with Gasteiger partial charge in [-0.05, 0) is 27.4 Å². The van der Waals surface area contributed by atoms with Crippen LogP contribution in [0.3, 0.4) is 0 Å². The van der Waals surface area contributed by atoms with E-state index in [0.29, 0.717) is 12.5 Å². The second-order valence-corrected chi connectivity index (χ2v) is 3.18. The van der Waals surface area contributed by atoms with E-state index in [0.717, 1.165) is 0 Å². The highest BCUT2D eigenvalue weighted by Crippen LogP contribution is 2.02. The molecule has 0 fully saturated rings. The molecule has 0 amide bonds. The van der Waals surface area contributed by atoms with E-state index in [1.807, 2.05) is 25.9 Å². The molecule has 0 aliphatic rings. The Morgan fingerprint density at radius 2 is 2.08 bits per heavy atom. The van der Waals surface area contributed by atoms with Crippen LogP contribution in [-0.2, 0) is 9.53 Å². The fourth-order valence-corrected chi connectivity index (χ4v) is 0.826. The molecule has 0 aliphatic carbocycles. The average molecular weight is 174 g/mol. The van der Waals surface area contributed by atoms with Gasteiger partial charge in [0.2, 0.25) is 0 Å². The van der Waals surface area contributed by atoms with Gasteiger partial charge in [0.05, 0.1) is 7.11 Å². The third kappa shape index (κ3) is 3.69. The van der Waals surface area contributed by atoms with E-state index in [4.69, 9.17) is 5.73 Å². The third-order valence-electron chi connectivity index (χ3n) is 1.98. The first-order valence-corrected chi connectivity index (χ1v) is 3.98. The van der Waals surface area contributed by atoms with Gasteiger partial charge >= 0.3 is 5.97 Å². The predicted octanol–water partition coefficient (Wildman–Crippen LogP) is -0.173. The lowest BCUT2D eigenvalue weighted by atomic mass is 10.1. The van der Waals surface area contributed by atoms with Crippen molar-refractivity contribution in [3.8, 4) is 0 Å². The molecule has 0 rings (SSSR count). The molecule has 0 aliphatic heterocycles. The summed E-state index contributed by atoms with van der Waals surface area (Å²) >= 11 is 0. The minimum Gasteiger partial charge on any atom is -0.468 e. The topological polar surface area (TPSA) is 55.6 Å². The summed E-state index contributed by atoms with van der Waals surface area (Å²) in [6.45, 7) is 2.02. The maximum Gasteiger partial charge on any atom is 0.322 e. The van der Waals surface area contributed by atoms with Crippen LogP contribution in [0, 0.1) is 0 Å². The highest BCUT2D eigenvalue weighted by molar-refractivity contribution is 5.75. The van der Waals surface area contributed by atoms with Crippen molar-refractivity contribution in [1.82, 2.24) is 4.90 Å². The van der Waals surface area contributed by atoms with Gasteiger partial charge in [0, 0.05) is 6.04 Å². The Bertz CT molecular complexity index is 148. The normalized spacial score (nSPS) is 15.8. The van der Waals surface area contributed by atoms with Crippen molar-refractivity contribution in [2.24, 2.45) is 5.73 Å². The molecule has 0 bridgehead atoms. The van der Waals surface area contributed by atoms with Gasteiger partial charge in [0.15, 0.2) is 0 Å². The summed E-state index contributed by atoms with van der Waals surface area (Å²) in [4.78, 5) is 12.9. The van der Waals surface area contributed by atoms with Crippen molar-refractivity contribution in [3.05, 3.63) is 0 Å². The Balaban J connectivity index is 3.83. The molecular weight excluding hydrogens is 156 g/mol. The average Bonchev–Trinajstić information content (AvgIpc) is 2.02. The van der Waals surface area contributed by atoms with Crippen molar-refractivity contribution < 1.29 is 9.53 Å². The van der Waals surface area contributed by atoms with E-state index < -0.39 is 6.04 Å². The summed E-state index contributed by atoms with van der Waals surface area (Å²) in [5.74, 6) is -0.344. The van der Waals surface area contributed by atoms with Crippen LogP contribution < -0.4 is 5.73 Å². The van der Waals surface area contributed by atoms with Gasteiger partial charge in [-0.3, -0.25) is 4.79 Å². The molecule has 0 heterocycles. The molecule has 0 aromatic carbocycles. The second kappa shape index (κ2) is 5.11. The van der Waals surface area contributed by atoms with Crippen LogP contribution in [-0.4, -0.2) is 44.2 Å². The largest absolute Gasteiger partial charge is 0.468 e. The summed E-state index contributed by atoms with van der Waals surface area (Å²) in [5, 5.41) is 0. The van der Waals surface area contributed by atoms with E-state index in [9.17, 15) is 4.79 Å². The van der Waals surface area contributed by atoms with E-state index >= 15 is 0 Å². The molecule has 2 N–H and O–H groups in total. The van der Waals surface area contributed by atoms with E-state index in [1.165, 1.54) is 7.11 Å². The summed E-state index contributed by atoms with van der Waals surface area (Å²) in [5.41, 5.74) is 5.57. The van der Waals surface area contributed by atoms with Crippen LogP contribution in [0.5, 0.6) is 0 Å². The Hall–Kier alpha value is -0.610. The summed E-state index contributed by atoms with van der Waals surface area (Å²) in [7, 11) is 5.26. The molecule has 0 spiro atoms. The number of carbonyl (C=O) groups is 1. The molecule has 0 saturated carbocycles. The minimum atomic E-state index is -0.507. The Morgan fingerprint density at radius 1 is 1.58 bits per heavy atom. The highest BCUT2D eigenvalue weighted by Gasteiger charge is 2.17. The Morgan fingerprint density at radius 3 is 2.42 bits per heavy atom. The lowest BCUT2D eigenvalue weighted by Gasteiger charge is -2.21. The number of carbonyl (C=O) groups excluding carboxylic acids is 1. The van der Waals surface area contributed by atoms with Gasteiger partial charge in [-0.25, -0.2) is 0 Å². The summed E-state index contributed by atoms with van der Waals surface area (Å²) in [6.07, 6.45) is 0.625. The van der Waals surface area contributed by atoms with E-state index in [1.54, 1.807) is 0 Å². The van der Waals surface area contributed by atoms with Crippen molar-refractivity contribution in [2.45, 2.75) is 25.4 Å². The zero-order chi connectivity index (χ0) is 9.72. The second-order valence-electron chi connectivity index (χ2n) is 3.18. The first kappa shape index (κ1) is 11.4. The fourth-order valence-electron chi connectivity index (χ4n) is 0.826. The smallest absolute Gasteiger partial charge is 0.322 e. The highest BCUT2D eigenvalue weighted by atomic mass is 16.5. The van der Waals surface area contributed by atoms with Crippen LogP contribution >= 0.6 is 0 Å². The Labute approximate surface area is 73.7 Å². The number of nitrogens with two attached hydrogens (primary N) is 1. The number of hydrogen-bond acceptors (Lipinski definition) is 4. The molecule has 4 heteroatoms. The monoisotopic (exact) mass is 174 g/mol. The van der Waals surface area contributed by atoms with Crippen molar-refractivity contribution in [2.75, 3.05) is 21.2 Å². The zero-order valence-corrected chi connectivity index (χ0v) is 8.20. The molecule has 2 unspecified atom stereocenters. The molecule has 72 valence electrons.